The van der Waals surface area contributed by atoms with E-state index in [1.54, 1.807) is 11.2 Å². The van der Waals surface area contributed by atoms with Crippen LogP contribution in [0.15, 0.2) is 42.9 Å². The van der Waals surface area contributed by atoms with Crippen molar-refractivity contribution in [2.75, 3.05) is 26.3 Å². The molecule has 2 aromatic rings. The maximum absolute atomic E-state index is 12.3. The quantitative estimate of drug-likeness (QED) is 0.880. The molecule has 1 aliphatic heterocycles. The van der Waals surface area contributed by atoms with Crippen LogP contribution in [0.2, 0.25) is 0 Å². The lowest BCUT2D eigenvalue weighted by Gasteiger charge is -2.28. The van der Waals surface area contributed by atoms with Crippen LogP contribution in [0.4, 0.5) is 0 Å². The Morgan fingerprint density at radius 2 is 2.00 bits per heavy atom. The van der Waals surface area contributed by atoms with E-state index in [0.29, 0.717) is 32.7 Å². The van der Waals surface area contributed by atoms with E-state index in [9.17, 15) is 4.79 Å². The molecule has 0 saturated carbocycles. The van der Waals surface area contributed by atoms with Crippen molar-refractivity contribution in [2.45, 2.75) is 19.0 Å². The molecule has 1 aliphatic rings. The number of ether oxygens (including phenoxy) is 1. The third-order valence-corrected chi connectivity index (χ3v) is 3.96. The van der Waals surface area contributed by atoms with E-state index in [2.05, 4.69) is 17.1 Å². The minimum Gasteiger partial charge on any atom is -0.378 e. The van der Waals surface area contributed by atoms with Crippen LogP contribution in [0.5, 0.6) is 0 Å². The highest BCUT2D eigenvalue weighted by Crippen LogP contribution is 2.07. The van der Waals surface area contributed by atoms with E-state index in [1.807, 2.05) is 29.0 Å². The van der Waals surface area contributed by atoms with Crippen LogP contribution in [0.25, 0.3) is 0 Å². The van der Waals surface area contributed by atoms with Crippen LogP contribution in [0, 0.1) is 0 Å². The number of carbonyl (C=O) groups is 1. The van der Waals surface area contributed by atoms with Crippen molar-refractivity contribution in [3.8, 4) is 0 Å². The first-order valence-corrected chi connectivity index (χ1v) is 7.89. The number of nitrogens with two attached hydrogens (primary N) is 1. The van der Waals surface area contributed by atoms with Gasteiger partial charge in [0.1, 0.15) is 0 Å². The largest absolute Gasteiger partial charge is 0.378 e. The number of morpholine rings is 1. The molecule has 2 heterocycles. The molecule has 0 spiro atoms. The van der Waals surface area contributed by atoms with Crippen LogP contribution < -0.4 is 5.73 Å². The van der Waals surface area contributed by atoms with Gasteiger partial charge in [0.25, 0.3) is 0 Å². The predicted molar refractivity (Wildman–Crippen MR) is 86.8 cm³/mol. The van der Waals surface area contributed by atoms with Gasteiger partial charge >= 0.3 is 0 Å². The number of carbonyl (C=O) groups excluding carboxylic acids is 1. The standard InChI is InChI=1S/C17H22N4O2/c18-16(17(22)21-6-8-23-9-7-21)10-15-12-20(13-19-15)11-14-4-2-1-3-5-14/h1-5,12-13,16H,6-11,18H2/t16-/m0/s1. The molecule has 0 radical (unpaired) electrons. The van der Waals surface area contributed by atoms with E-state index in [1.165, 1.54) is 5.56 Å². The summed E-state index contributed by atoms with van der Waals surface area (Å²) in [6.45, 7) is 3.18. The highest BCUT2D eigenvalue weighted by Gasteiger charge is 2.23. The third kappa shape index (κ3) is 4.18. The van der Waals surface area contributed by atoms with Gasteiger partial charge < -0.3 is 19.9 Å². The van der Waals surface area contributed by atoms with Crippen molar-refractivity contribution in [3.63, 3.8) is 0 Å². The summed E-state index contributed by atoms with van der Waals surface area (Å²) in [6.07, 6.45) is 4.20. The van der Waals surface area contributed by atoms with Crippen molar-refractivity contribution >= 4 is 5.91 Å². The number of hydrogen-bond acceptors (Lipinski definition) is 4. The topological polar surface area (TPSA) is 73.4 Å². The van der Waals surface area contributed by atoms with Gasteiger partial charge in [0.2, 0.25) is 5.91 Å². The molecule has 1 aromatic heterocycles. The smallest absolute Gasteiger partial charge is 0.240 e. The Kier molecular flexibility index (Phi) is 5.05. The monoisotopic (exact) mass is 314 g/mol. The average molecular weight is 314 g/mol. The van der Waals surface area contributed by atoms with Crippen LogP contribution in [0.1, 0.15) is 11.3 Å². The Morgan fingerprint density at radius 1 is 1.26 bits per heavy atom. The average Bonchev–Trinajstić information content (AvgIpc) is 3.02. The maximum Gasteiger partial charge on any atom is 0.240 e. The molecule has 1 aromatic carbocycles. The minimum atomic E-state index is -0.548. The van der Waals surface area contributed by atoms with Crippen molar-refractivity contribution in [1.29, 1.82) is 0 Å². The van der Waals surface area contributed by atoms with Gasteiger partial charge in [0.05, 0.1) is 31.3 Å². The first-order valence-electron chi connectivity index (χ1n) is 7.89. The molecule has 0 aliphatic carbocycles. The van der Waals surface area contributed by atoms with Crippen LogP contribution in [-0.2, 0) is 22.5 Å². The molecule has 1 amide bonds. The first kappa shape index (κ1) is 15.7. The number of benzene rings is 1. The molecule has 23 heavy (non-hydrogen) atoms. The lowest BCUT2D eigenvalue weighted by molar-refractivity contribution is -0.136. The minimum absolute atomic E-state index is 0.0223. The Bertz CT molecular complexity index is 635. The molecule has 1 atom stereocenters. The summed E-state index contributed by atoms with van der Waals surface area (Å²) in [4.78, 5) is 18.5. The van der Waals surface area contributed by atoms with Crippen LogP contribution in [0.3, 0.4) is 0 Å². The number of aromatic nitrogens is 2. The molecule has 122 valence electrons. The third-order valence-electron chi connectivity index (χ3n) is 3.96. The van der Waals surface area contributed by atoms with E-state index in [0.717, 1.165) is 12.2 Å². The molecular formula is C17H22N4O2. The Hall–Kier alpha value is -2.18. The Morgan fingerprint density at radius 3 is 2.74 bits per heavy atom. The second-order valence-corrected chi connectivity index (χ2v) is 5.77. The molecular weight excluding hydrogens is 292 g/mol. The fourth-order valence-electron chi connectivity index (χ4n) is 2.72. The van der Waals surface area contributed by atoms with Gasteiger partial charge in [-0.2, -0.15) is 0 Å². The van der Waals surface area contributed by atoms with E-state index in [-0.39, 0.29) is 5.91 Å². The van der Waals surface area contributed by atoms with Gasteiger partial charge in [-0.05, 0) is 5.56 Å². The highest BCUT2D eigenvalue weighted by molar-refractivity contribution is 5.82. The van der Waals surface area contributed by atoms with Gasteiger partial charge in [0.15, 0.2) is 0 Å². The molecule has 0 bridgehead atoms. The molecule has 1 fully saturated rings. The van der Waals surface area contributed by atoms with E-state index >= 15 is 0 Å². The van der Waals surface area contributed by atoms with E-state index < -0.39 is 6.04 Å². The second-order valence-electron chi connectivity index (χ2n) is 5.77. The summed E-state index contributed by atoms with van der Waals surface area (Å²) in [5.41, 5.74) is 8.12. The summed E-state index contributed by atoms with van der Waals surface area (Å²) in [6, 6.07) is 9.64. The molecule has 1 saturated heterocycles. The summed E-state index contributed by atoms with van der Waals surface area (Å²) in [5.74, 6) is -0.0223. The SMILES string of the molecule is N[C@@H](Cc1cn(Cc2ccccc2)cn1)C(=O)N1CCOCC1. The Balaban J connectivity index is 1.56. The normalized spacial score (nSPS) is 16.3. The number of nitrogens with zero attached hydrogens (tertiary/aromatic N) is 3. The zero-order valence-corrected chi connectivity index (χ0v) is 13.1. The Labute approximate surface area is 135 Å². The van der Waals surface area contributed by atoms with Gasteiger partial charge in [0, 0.05) is 32.3 Å². The van der Waals surface area contributed by atoms with Gasteiger partial charge in [-0.15, -0.1) is 0 Å². The van der Waals surface area contributed by atoms with Crippen molar-refractivity contribution in [1.82, 2.24) is 14.5 Å². The van der Waals surface area contributed by atoms with Crippen LogP contribution >= 0.6 is 0 Å². The molecule has 6 nitrogen and oxygen atoms in total. The lowest BCUT2D eigenvalue weighted by atomic mass is 10.1. The zero-order chi connectivity index (χ0) is 16.1. The number of hydrogen-bond donors (Lipinski definition) is 1. The molecule has 3 rings (SSSR count). The lowest BCUT2D eigenvalue weighted by Crippen LogP contribution is -2.49. The van der Waals surface area contributed by atoms with Crippen molar-refractivity contribution < 1.29 is 9.53 Å². The van der Waals surface area contributed by atoms with E-state index in [4.69, 9.17) is 10.5 Å². The van der Waals surface area contributed by atoms with Crippen LogP contribution in [-0.4, -0.2) is 52.7 Å². The molecule has 0 unspecified atom stereocenters. The molecule has 2 N–H and O–H groups in total. The summed E-state index contributed by atoms with van der Waals surface area (Å²) >= 11 is 0. The number of amides is 1. The first-order chi connectivity index (χ1) is 11.2. The summed E-state index contributed by atoms with van der Waals surface area (Å²) in [5, 5.41) is 0. The maximum atomic E-state index is 12.3. The summed E-state index contributed by atoms with van der Waals surface area (Å²) < 4.78 is 7.27. The number of rotatable bonds is 5. The van der Waals surface area contributed by atoms with Gasteiger partial charge in [-0.25, -0.2) is 4.98 Å². The fourth-order valence-corrected chi connectivity index (χ4v) is 2.72. The van der Waals surface area contributed by atoms with Crippen molar-refractivity contribution in [3.05, 3.63) is 54.1 Å². The van der Waals surface area contributed by atoms with Crippen molar-refractivity contribution in [2.24, 2.45) is 5.73 Å². The zero-order valence-electron chi connectivity index (χ0n) is 13.1. The van der Waals surface area contributed by atoms with Gasteiger partial charge in [-0.3, -0.25) is 4.79 Å². The predicted octanol–water partition coefficient (Wildman–Crippen LogP) is 0.660. The second kappa shape index (κ2) is 7.39. The van der Waals surface area contributed by atoms with Gasteiger partial charge in [-0.1, -0.05) is 30.3 Å². The highest BCUT2D eigenvalue weighted by atomic mass is 16.5. The molecule has 6 heteroatoms. The number of imidazole rings is 1. The summed E-state index contributed by atoms with van der Waals surface area (Å²) in [7, 11) is 0. The fraction of sp³-hybridized carbons (Fsp3) is 0.412.